The second kappa shape index (κ2) is 6.19. The first kappa shape index (κ1) is 14.1. The lowest BCUT2D eigenvalue weighted by Crippen LogP contribution is -1.85. The van der Waals surface area contributed by atoms with E-state index in [4.69, 9.17) is 9.47 Å². The molecule has 2 aromatic carbocycles. The Hall–Kier alpha value is -2.36. The predicted octanol–water partition coefficient (Wildman–Crippen LogP) is 4.74. The van der Waals surface area contributed by atoms with Gasteiger partial charge in [0, 0.05) is 0 Å². The molecular formula is C16H18N2O2. The highest BCUT2D eigenvalue weighted by Gasteiger charge is 2.00. The average molecular weight is 270 g/mol. The lowest BCUT2D eigenvalue weighted by molar-refractivity contribution is 0.411. The van der Waals surface area contributed by atoms with Gasteiger partial charge >= 0.3 is 0 Å². The van der Waals surface area contributed by atoms with Gasteiger partial charge in [-0.15, -0.1) is 0 Å². The van der Waals surface area contributed by atoms with Gasteiger partial charge in [0.15, 0.2) is 0 Å². The van der Waals surface area contributed by atoms with E-state index in [1.807, 2.05) is 50.2 Å². The number of rotatable bonds is 4. The second-order valence-electron chi connectivity index (χ2n) is 4.51. The molecule has 2 aromatic rings. The standard InChI is InChI=1S/C16H18N2O2/c1-11-9-13(5-7-15(11)19-3)17-18-14-6-8-16(20-4)12(2)10-14/h5-10H,1-4H3. The summed E-state index contributed by atoms with van der Waals surface area (Å²) < 4.78 is 10.4. The zero-order chi connectivity index (χ0) is 14.5. The van der Waals surface area contributed by atoms with E-state index in [1.165, 1.54) is 0 Å². The van der Waals surface area contributed by atoms with Crippen molar-refractivity contribution in [2.45, 2.75) is 13.8 Å². The maximum absolute atomic E-state index is 5.22. The Balaban J connectivity index is 2.20. The van der Waals surface area contributed by atoms with E-state index in [0.717, 1.165) is 34.0 Å². The fourth-order valence-corrected chi connectivity index (χ4v) is 1.97. The third-order valence-electron chi connectivity index (χ3n) is 3.04. The van der Waals surface area contributed by atoms with E-state index >= 15 is 0 Å². The van der Waals surface area contributed by atoms with Crippen LogP contribution in [0.5, 0.6) is 11.5 Å². The normalized spacial score (nSPS) is 10.8. The summed E-state index contributed by atoms with van der Waals surface area (Å²) in [7, 11) is 3.31. The van der Waals surface area contributed by atoms with Gasteiger partial charge in [0.05, 0.1) is 25.6 Å². The molecule has 0 fully saturated rings. The molecule has 0 saturated carbocycles. The number of benzene rings is 2. The molecule has 0 saturated heterocycles. The monoisotopic (exact) mass is 270 g/mol. The van der Waals surface area contributed by atoms with Gasteiger partial charge in [0.2, 0.25) is 0 Å². The molecule has 104 valence electrons. The Labute approximate surface area is 119 Å². The number of hydrogen-bond donors (Lipinski definition) is 0. The van der Waals surface area contributed by atoms with Crippen LogP contribution in [0.25, 0.3) is 0 Å². The van der Waals surface area contributed by atoms with E-state index in [-0.39, 0.29) is 0 Å². The largest absolute Gasteiger partial charge is 0.496 e. The Morgan fingerprint density at radius 2 is 1.10 bits per heavy atom. The molecule has 2 rings (SSSR count). The molecular weight excluding hydrogens is 252 g/mol. The van der Waals surface area contributed by atoms with Crippen molar-refractivity contribution in [2.75, 3.05) is 14.2 Å². The van der Waals surface area contributed by atoms with Crippen molar-refractivity contribution in [1.29, 1.82) is 0 Å². The number of methoxy groups -OCH3 is 2. The Bertz CT molecular complexity index is 581. The van der Waals surface area contributed by atoms with Crippen molar-refractivity contribution in [1.82, 2.24) is 0 Å². The van der Waals surface area contributed by atoms with E-state index in [1.54, 1.807) is 14.2 Å². The maximum atomic E-state index is 5.22. The Morgan fingerprint density at radius 1 is 0.700 bits per heavy atom. The molecule has 0 aliphatic carbocycles. The molecule has 4 heteroatoms. The third kappa shape index (κ3) is 3.15. The minimum atomic E-state index is 0.803. The van der Waals surface area contributed by atoms with Crippen LogP contribution in [0.4, 0.5) is 11.4 Å². The summed E-state index contributed by atoms with van der Waals surface area (Å²) in [6.07, 6.45) is 0. The molecule has 0 atom stereocenters. The molecule has 0 N–H and O–H groups in total. The lowest BCUT2D eigenvalue weighted by Gasteiger charge is -2.05. The van der Waals surface area contributed by atoms with Crippen LogP contribution < -0.4 is 9.47 Å². The maximum Gasteiger partial charge on any atom is 0.121 e. The highest BCUT2D eigenvalue weighted by atomic mass is 16.5. The van der Waals surface area contributed by atoms with Crippen LogP contribution in [0.2, 0.25) is 0 Å². The molecule has 0 aromatic heterocycles. The molecule has 4 nitrogen and oxygen atoms in total. The van der Waals surface area contributed by atoms with Gasteiger partial charge < -0.3 is 9.47 Å². The molecule has 0 amide bonds. The van der Waals surface area contributed by atoms with Gasteiger partial charge in [-0.1, -0.05) is 0 Å². The third-order valence-corrected chi connectivity index (χ3v) is 3.04. The van der Waals surface area contributed by atoms with Gasteiger partial charge in [0.25, 0.3) is 0 Å². The molecule has 20 heavy (non-hydrogen) atoms. The fraction of sp³-hybridized carbons (Fsp3) is 0.250. The summed E-state index contributed by atoms with van der Waals surface area (Å²) in [5.74, 6) is 1.70. The molecule has 0 aliphatic heterocycles. The quantitative estimate of drug-likeness (QED) is 0.753. The van der Waals surface area contributed by atoms with Crippen molar-refractivity contribution in [3.63, 3.8) is 0 Å². The molecule has 0 spiro atoms. The minimum Gasteiger partial charge on any atom is -0.496 e. The van der Waals surface area contributed by atoms with E-state index < -0.39 is 0 Å². The topological polar surface area (TPSA) is 43.2 Å². The van der Waals surface area contributed by atoms with Crippen LogP contribution >= 0.6 is 0 Å². The van der Waals surface area contributed by atoms with E-state index in [0.29, 0.717) is 0 Å². The molecule has 0 aliphatic rings. The van der Waals surface area contributed by atoms with Gasteiger partial charge in [-0.2, -0.15) is 10.2 Å². The van der Waals surface area contributed by atoms with Crippen molar-refractivity contribution in [2.24, 2.45) is 10.2 Å². The summed E-state index contributed by atoms with van der Waals surface area (Å²) in [5, 5.41) is 8.48. The van der Waals surface area contributed by atoms with Crippen LogP contribution in [0, 0.1) is 13.8 Å². The van der Waals surface area contributed by atoms with Crippen LogP contribution in [-0.4, -0.2) is 14.2 Å². The van der Waals surface area contributed by atoms with Crippen LogP contribution in [-0.2, 0) is 0 Å². The van der Waals surface area contributed by atoms with Gasteiger partial charge in [-0.05, 0) is 61.4 Å². The smallest absolute Gasteiger partial charge is 0.121 e. The second-order valence-corrected chi connectivity index (χ2v) is 4.51. The van der Waals surface area contributed by atoms with Crippen molar-refractivity contribution in [3.05, 3.63) is 47.5 Å². The number of nitrogens with zero attached hydrogens (tertiary/aromatic N) is 2. The Kier molecular flexibility index (Phi) is 4.35. The summed E-state index contributed by atoms with van der Waals surface area (Å²) in [4.78, 5) is 0. The van der Waals surface area contributed by atoms with Gasteiger partial charge in [-0.25, -0.2) is 0 Å². The zero-order valence-corrected chi connectivity index (χ0v) is 12.2. The van der Waals surface area contributed by atoms with E-state index in [2.05, 4.69) is 10.2 Å². The summed E-state index contributed by atoms with van der Waals surface area (Å²) in [5.41, 5.74) is 3.68. The number of hydrogen-bond acceptors (Lipinski definition) is 4. The summed E-state index contributed by atoms with van der Waals surface area (Å²) in [6, 6.07) is 11.4. The molecule has 0 heterocycles. The summed E-state index contributed by atoms with van der Waals surface area (Å²) >= 11 is 0. The zero-order valence-electron chi connectivity index (χ0n) is 12.2. The highest BCUT2D eigenvalue weighted by molar-refractivity contribution is 5.49. The first-order valence-electron chi connectivity index (χ1n) is 6.35. The van der Waals surface area contributed by atoms with E-state index in [9.17, 15) is 0 Å². The van der Waals surface area contributed by atoms with Crippen LogP contribution in [0.15, 0.2) is 46.6 Å². The van der Waals surface area contributed by atoms with Crippen LogP contribution in [0.1, 0.15) is 11.1 Å². The molecule has 0 bridgehead atoms. The lowest BCUT2D eigenvalue weighted by atomic mass is 10.2. The average Bonchev–Trinajstić information content (AvgIpc) is 2.45. The van der Waals surface area contributed by atoms with Crippen molar-refractivity contribution < 1.29 is 9.47 Å². The summed E-state index contributed by atoms with van der Waals surface area (Å²) in [6.45, 7) is 3.96. The minimum absolute atomic E-state index is 0.803. The Morgan fingerprint density at radius 3 is 1.40 bits per heavy atom. The highest BCUT2D eigenvalue weighted by Crippen LogP contribution is 2.27. The van der Waals surface area contributed by atoms with Gasteiger partial charge in [-0.3, -0.25) is 0 Å². The SMILES string of the molecule is COc1ccc(N=Nc2ccc(OC)c(C)c2)cc1C. The number of azo groups is 1. The predicted molar refractivity (Wildman–Crippen MR) is 79.6 cm³/mol. The first-order valence-corrected chi connectivity index (χ1v) is 6.35. The fourth-order valence-electron chi connectivity index (χ4n) is 1.97. The van der Waals surface area contributed by atoms with Gasteiger partial charge in [0.1, 0.15) is 11.5 Å². The number of aryl methyl sites for hydroxylation is 2. The van der Waals surface area contributed by atoms with Crippen molar-refractivity contribution >= 4 is 11.4 Å². The van der Waals surface area contributed by atoms with Crippen LogP contribution in [0.3, 0.4) is 0 Å². The molecule has 0 unspecified atom stereocenters. The number of ether oxygens (including phenoxy) is 2. The van der Waals surface area contributed by atoms with Crippen molar-refractivity contribution in [3.8, 4) is 11.5 Å². The molecule has 0 radical (unpaired) electrons. The first-order chi connectivity index (χ1) is 9.63.